The Kier molecular flexibility index (Phi) is 5.07. The van der Waals surface area contributed by atoms with Crippen LogP contribution in [0, 0.1) is 11.3 Å². The van der Waals surface area contributed by atoms with Gasteiger partial charge in [-0.2, -0.15) is 5.26 Å². The number of rotatable bonds is 4. The number of hydrogen-bond acceptors (Lipinski definition) is 3. The van der Waals surface area contributed by atoms with Crippen molar-refractivity contribution in [3.05, 3.63) is 28.8 Å². The molecule has 0 spiro atoms. The van der Waals surface area contributed by atoms with Gasteiger partial charge in [0.1, 0.15) is 6.07 Å². The van der Waals surface area contributed by atoms with Crippen LogP contribution in [0.2, 0.25) is 5.02 Å². The van der Waals surface area contributed by atoms with E-state index < -0.39 is 0 Å². The summed E-state index contributed by atoms with van der Waals surface area (Å²) in [5.74, 6) is 0. The molecule has 1 aliphatic heterocycles. The fraction of sp³-hybridized carbons (Fsp3) is 0.533. The Labute approximate surface area is 120 Å². The third kappa shape index (κ3) is 3.62. The smallest absolute Gasteiger partial charge is 0.103 e. The third-order valence-electron chi connectivity index (χ3n) is 3.73. The van der Waals surface area contributed by atoms with Gasteiger partial charge >= 0.3 is 0 Å². The number of likely N-dealkylation sites (tertiary alicyclic amines) is 1. The van der Waals surface area contributed by atoms with Gasteiger partial charge in [-0.3, -0.25) is 4.90 Å². The van der Waals surface area contributed by atoms with Gasteiger partial charge in [0.15, 0.2) is 0 Å². The lowest BCUT2D eigenvalue weighted by Crippen LogP contribution is -2.41. The van der Waals surface area contributed by atoms with Gasteiger partial charge in [0.2, 0.25) is 0 Å². The molecule has 0 amide bonds. The molecule has 0 radical (unpaired) electrons. The molecule has 0 bridgehead atoms. The fourth-order valence-corrected chi connectivity index (χ4v) is 2.75. The summed E-state index contributed by atoms with van der Waals surface area (Å²) in [4.78, 5) is 2.51. The molecular weight excluding hydrogens is 258 g/mol. The Bertz CT molecular complexity index is 461. The predicted molar refractivity (Wildman–Crippen MR) is 79.5 cm³/mol. The number of anilines is 1. The number of piperidine rings is 1. The molecule has 1 atom stereocenters. The molecule has 19 heavy (non-hydrogen) atoms. The van der Waals surface area contributed by atoms with Crippen LogP contribution in [-0.4, -0.2) is 30.6 Å². The Morgan fingerprint density at radius 1 is 1.37 bits per heavy atom. The highest BCUT2D eigenvalue weighted by molar-refractivity contribution is 6.32. The van der Waals surface area contributed by atoms with Crippen LogP contribution in [0.5, 0.6) is 0 Å². The Morgan fingerprint density at radius 2 is 2.11 bits per heavy atom. The molecule has 1 aliphatic rings. The molecule has 2 rings (SSSR count). The molecular formula is C15H20ClN3. The van der Waals surface area contributed by atoms with Gasteiger partial charge in [0.05, 0.1) is 16.3 Å². The highest BCUT2D eigenvalue weighted by Gasteiger charge is 2.16. The summed E-state index contributed by atoms with van der Waals surface area (Å²) in [6.45, 7) is 5.44. The maximum atomic E-state index is 9.13. The van der Waals surface area contributed by atoms with E-state index in [-0.39, 0.29) is 0 Å². The van der Waals surface area contributed by atoms with Crippen LogP contribution in [0.1, 0.15) is 31.7 Å². The second kappa shape index (κ2) is 6.79. The minimum atomic E-state index is 0.478. The maximum absolute atomic E-state index is 9.13. The van der Waals surface area contributed by atoms with Crippen LogP contribution in [0.4, 0.5) is 5.69 Å². The summed E-state index contributed by atoms with van der Waals surface area (Å²) >= 11 is 6.02. The van der Waals surface area contributed by atoms with Crippen molar-refractivity contribution in [2.45, 2.75) is 32.2 Å². The summed E-state index contributed by atoms with van der Waals surface area (Å²) in [6.07, 6.45) is 3.94. The summed E-state index contributed by atoms with van der Waals surface area (Å²) in [5.41, 5.74) is 1.37. The summed E-state index contributed by atoms with van der Waals surface area (Å²) < 4.78 is 0. The van der Waals surface area contributed by atoms with Gasteiger partial charge in [-0.1, -0.05) is 24.1 Å². The fourth-order valence-electron chi connectivity index (χ4n) is 2.53. The quantitative estimate of drug-likeness (QED) is 0.916. The molecule has 1 N–H and O–H groups in total. The molecule has 102 valence electrons. The Morgan fingerprint density at radius 3 is 2.79 bits per heavy atom. The van der Waals surface area contributed by atoms with Crippen LogP contribution in [0.15, 0.2) is 18.2 Å². The highest BCUT2D eigenvalue weighted by Crippen LogP contribution is 2.23. The van der Waals surface area contributed by atoms with Crippen molar-refractivity contribution in [3.8, 4) is 6.07 Å². The van der Waals surface area contributed by atoms with E-state index in [1.54, 1.807) is 6.07 Å². The number of nitriles is 1. The summed E-state index contributed by atoms with van der Waals surface area (Å²) in [7, 11) is 0. The second-order valence-corrected chi connectivity index (χ2v) is 5.51. The molecule has 3 nitrogen and oxygen atoms in total. The van der Waals surface area contributed by atoms with Gasteiger partial charge in [0, 0.05) is 12.6 Å². The van der Waals surface area contributed by atoms with Gasteiger partial charge in [-0.15, -0.1) is 0 Å². The summed E-state index contributed by atoms with van der Waals surface area (Å²) in [6, 6.07) is 8.17. The Hall–Kier alpha value is -1.24. The second-order valence-electron chi connectivity index (χ2n) is 5.10. The minimum absolute atomic E-state index is 0.478. The first kappa shape index (κ1) is 14.2. The topological polar surface area (TPSA) is 39.1 Å². The van der Waals surface area contributed by atoms with Crippen molar-refractivity contribution in [2.24, 2.45) is 0 Å². The lowest BCUT2D eigenvalue weighted by molar-refractivity contribution is 0.180. The molecule has 1 aromatic carbocycles. The number of benzene rings is 1. The maximum Gasteiger partial charge on any atom is 0.103 e. The SMILES string of the molecule is CC(CNc1cccc(Cl)c1C#N)N1CCCCC1. The zero-order chi connectivity index (χ0) is 13.7. The van der Waals surface area contributed by atoms with Crippen LogP contribution < -0.4 is 5.32 Å². The first-order valence-corrected chi connectivity index (χ1v) is 7.26. The van der Waals surface area contributed by atoms with Gasteiger partial charge in [0.25, 0.3) is 0 Å². The van der Waals surface area contributed by atoms with Crippen LogP contribution in [0.25, 0.3) is 0 Å². The zero-order valence-corrected chi connectivity index (χ0v) is 12.1. The zero-order valence-electron chi connectivity index (χ0n) is 11.3. The number of nitrogens with one attached hydrogen (secondary N) is 1. The molecule has 4 heteroatoms. The number of nitrogens with zero attached hydrogens (tertiary/aromatic N) is 2. The van der Waals surface area contributed by atoms with E-state index in [4.69, 9.17) is 16.9 Å². The molecule has 1 unspecified atom stereocenters. The van der Waals surface area contributed by atoms with E-state index in [9.17, 15) is 0 Å². The Balaban J connectivity index is 1.95. The van der Waals surface area contributed by atoms with Gasteiger partial charge in [-0.05, 0) is 45.0 Å². The molecule has 1 saturated heterocycles. The lowest BCUT2D eigenvalue weighted by Gasteiger charge is -2.32. The van der Waals surface area contributed by atoms with Crippen molar-refractivity contribution < 1.29 is 0 Å². The third-order valence-corrected chi connectivity index (χ3v) is 4.04. The van der Waals surface area contributed by atoms with Crippen molar-refractivity contribution in [1.29, 1.82) is 5.26 Å². The lowest BCUT2D eigenvalue weighted by atomic mass is 10.1. The largest absolute Gasteiger partial charge is 0.382 e. The summed E-state index contributed by atoms with van der Waals surface area (Å²) in [5, 5.41) is 13.0. The van der Waals surface area contributed by atoms with Crippen LogP contribution >= 0.6 is 11.6 Å². The minimum Gasteiger partial charge on any atom is -0.382 e. The molecule has 1 heterocycles. The molecule has 1 aromatic rings. The standard InChI is InChI=1S/C15H20ClN3/c1-12(19-8-3-2-4-9-19)11-18-15-7-5-6-14(16)13(15)10-17/h5-7,12,18H,2-4,8-9,11H2,1H3. The average molecular weight is 278 g/mol. The predicted octanol–water partition coefficient (Wildman–Crippen LogP) is 3.50. The number of halogens is 1. The molecule has 0 saturated carbocycles. The van der Waals surface area contributed by atoms with Crippen molar-refractivity contribution in [2.75, 3.05) is 25.0 Å². The normalized spacial score (nSPS) is 17.7. The van der Waals surface area contributed by atoms with Crippen LogP contribution in [-0.2, 0) is 0 Å². The molecule has 0 aliphatic carbocycles. The van der Waals surface area contributed by atoms with E-state index >= 15 is 0 Å². The van der Waals surface area contributed by atoms with Crippen molar-refractivity contribution in [1.82, 2.24) is 4.90 Å². The highest BCUT2D eigenvalue weighted by atomic mass is 35.5. The monoisotopic (exact) mass is 277 g/mol. The van der Waals surface area contributed by atoms with E-state index in [0.717, 1.165) is 12.2 Å². The first-order valence-electron chi connectivity index (χ1n) is 6.89. The van der Waals surface area contributed by atoms with E-state index in [1.807, 2.05) is 12.1 Å². The van der Waals surface area contributed by atoms with Crippen LogP contribution in [0.3, 0.4) is 0 Å². The van der Waals surface area contributed by atoms with Gasteiger partial charge < -0.3 is 5.32 Å². The van der Waals surface area contributed by atoms with Crippen molar-refractivity contribution in [3.63, 3.8) is 0 Å². The van der Waals surface area contributed by atoms with E-state index in [0.29, 0.717) is 16.6 Å². The van der Waals surface area contributed by atoms with E-state index in [1.165, 1.54) is 32.4 Å². The van der Waals surface area contributed by atoms with Crippen molar-refractivity contribution >= 4 is 17.3 Å². The number of hydrogen-bond donors (Lipinski definition) is 1. The molecule has 1 fully saturated rings. The average Bonchev–Trinajstić information content (AvgIpc) is 2.45. The first-order chi connectivity index (χ1) is 9.22. The van der Waals surface area contributed by atoms with E-state index in [2.05, 4.69) is 23.2 Å². The molecule has 0 aromatic heterocycles. The van der Waals surface area contributed by atoms with Gasteiger partial charge in [-0.25, -0.2) is 0 Å².